The van der Waals surface area contributed by atoms with Crippen LogP contribution < -0.4 is 9.64 Å². The number of hydrogen-bond acceptors (Lipinski definition) is 9. The predicted molar refractivity (Wildman–Crippen MR) is 133 cm³/mol. The molecule has 1 aliphatic heterocycles. The van der Waals surface area contributed by atoms with Crippen molar-refractivity contribution in [2.75, 3.05) is 12.0 Å². The summed E-state index contributed by atoms with van der Waals surface area (Å²) < 4.78 is 5.86. The summed E-state index contributed by atoms with van der Waals surface area (Å²) in [7, 11) is 1.44. The number of amides is 1. The van der Waals surface area contributed by atoms with E-state index in [2.05, 4.69) is 9.97 Å². The molecule has 2 aromatic heterocycles. The summed E-state index contributed by atoms with van der Waals surface area (Å²) in [5, 5.41) is 22.7. The molecule has 0 aliphatic carbocycles. The van der Waals surface area contributed by atoms with Gasteiger partial charge in [0.15, 0.2) is 5.13 Å². The first-order valence-corrected chi connectivity index (χ1v) is 11.5. The van der Waals surface area contributed by atoms with Crippen molar-refractivity contribution in [3.05, 3.63) is 93.3 Å². The number of nitrogens with zero attached hydrogens (tertiary/aromatic N) is 4. The van der Waals surface area contributed by atoms with E-state index in [1.54, 1.807) is 36.5 Å². The number of thiazole rings is 1. The number of methoxy groups -OCH3 is 1. The molecule has 1 saturated heterocycles. The van der Waals surface area contributed by atoms with Crippen LogP contribution in [0.3, 0.4) is 0 Å². The van der Waals surface area contributed by atoms with E-state index in [0.29, 0.717) is 21.5 Å². The van der Waals surface area contributed by atoms with E-state index in [-0.39, 0.29) is 27.7 Å². The van der Waals surface area contributed by atoms with Gasteiger partial charge in [0.05, 0.1) is 39.4 Å². The first-order valence-electron chi connectivity index (χ1n) is 10.7. The number of ether oxygens (including phenoxy) is 1. The number of nitro benzene ring substituents is 1. The maximum absolute atomic E-state index is 13.3. The van der Waals surface area contributed by atoms with Gasteiger partial charge in [0.2, 0.25) is 0 Å². The summed E-state index contributed by atoms with van der Waals surface area (Å²) in [6.45, 7) is 1.83. The van der Waals surface area contributed by atoms with E-state index in [0.717, 1.165) is 16.9 Å². The standard InChI is InChI=1S/C25H18N4O6S/c1-13-5-8-18(35-2)16(10-13)22(30)20-21(14-4-3-9-26-12-14)28(24(32)23(20)31)25-27-17-7-6-15(29(33)34)11-19(17)36-25/h3-12,21,30H,1-2H3/b22-20+. The van der Waals surface area contributed by atoms with Crippen LogP contribution >= 0.6 is 11.3 Å². The normalized spacial score (nSPS) is 17.1. The number of non-ortho nitro benzene ring substituents is 1. The molecule has 4 aromatic rings. The lowest BCUT2D eigenvalue weighted by atomic mass is 9.95. The van der Waals surface area contributed by atoms with Gasteiger partial charge >= 0.3 is 5.91 Å². The van der Waals surface area contributed by atoms with E-state index in [4.69, 9.17) is 4.74 Å². The number of aromatic nitrogens is 2. The lowest BCUT2D eigenvalue weighted by Crippen LogP contribution is -2.29. The molecule has 5 rings (SSSR count). The van der Waals surface area contributed by atoms with Crippen molar-refractivity contribution in [1.29, 1.82) is 0 Å². The quantitative estimate of drug-likeness (QED) is 0.138. The first kappa shape index (κ1) is 23.1. The Bertz CT molecular complexity index is 1580. The first-order chi connectivity index (χ1) is 17.3. The van der Waals surface area contributed by atoms with Crippen LogP contribution in [0.4, 0.5) is 10.8 Å². The van der Waals surface area contributed by atoms with Crippen LogP contribution in [-0.2, 0) is 9.59 Å². The molecule has 1 atom stereocenters. The van der Waals surface area contributed by atoms with Gasteiger partial charge in [0, 0.05) is 24.5 Å². The van der Waals surface area contributed by atoms with Gasteiger partial charge in [-0.1, -0.05) is 29.0 Å². The highest BCUT2D eigenvalue weighted by atomic mass is 32.1. The number of fused-ring (bicyclic) bond motifs is 1. The van der Waals surface area contributed by atoms with Gasteiger partial charge in [-0.2, -0.15) is 0 Å². The summed E-state index contributed by atoms with van der Waals surface area (Å²) in [6, 6.07) is 11.6. The average Bonchev–Trinajstić information content (AvgIpc) is 3.41. The number of nitro groups is 1. The smallest absolute Gasteiger partial charge is 0.301 e. The zero-order valence-corrected chi connectivity index (χ0v) is 19.9. The van der Waals surface area contributed by atoms with Crippen molar-refractivity contribution in [2.24, 2.45) is 0 Å². The second-order valence-electron chi connectivity index (χ2n) is 8.06. The van der Waals surface area contributed by atoms with Gasteiger partial charge in [-0.15, -0.1) is 0 Å². The van der Waals surface area contributed by atoms with Crippen molar-refractivity contribution in [1.82, 2.24) is 9.97 Å². The average molecular weight is 503 g/mol. The van der Waals surface area contributed by atoms with Crippen LogP contribution in [0.5, 0.6) is 5.75 Å². The number of carbonyl (C=O) groups is 2. The summed E-state index contributed by atoms with van der Waals surface area (Å²) in [4.78, 5) is 47.2. The molecular formula is C25H18N4O6S. The van der Waals surface area contributed by atoms with Crippen LogP contribution in [0.2, 0.25) is 0 Å². The van der Waals surface area contributed by atoms with Crippen molar-refractivity contribution >= 4 is 49.8 Å². The van der Waals surface area contributed by atoms with E-state index < -0.39 is 22.7 Å². The highest BCUT2D eigenvalue weighted by Crippen LogP contribution is 2.45. The molecule has 2 aromatic carbocycles. The number of Topliss-reactive ketones (excluding diaryl/α,β-unsaturated/α-hetero) is 1. The number of aliphatic hydroxyl groups excluding tert-OH is 1. The van der Waals surface area contributed by atoms with Gasteiger partial charge in [0.1, 0.15) is 11.5 Å². The molecule has 1 unspecified atom stereocenters. The van der Waals surface area contributed by atoms with E-state index in [1.165, 1.54) is 36.4 Å². The zero-order valence-electron chi connectivity index (χ0n) is 19.0. The SMILES string of the molecule is COc1ccc(C)cc1/C(O)=C1\C(=O)C(=O)N(c2nc3ccc([N+](=O)[O-])cc3s2)C1c1cccnc1. The summed E-state index contributed by atoms with van der Waals surface area (Å²) >= 11 is 1.04. The largest absolute Gasteiger partial charge is 0.507 e. The Balaban J connectivity index is 1.73. The minimum Gasteiger partial charge on any atom is -0.507 e. The Kier molecular flexibility index (Phi) is 5.69. The number of carbonyl (C=O) groups excluding carboxylic acids is 2. The summed E-state index contributed by atoms with van der Waals surface area (Å²) in [5.41, 5.74) is 1.75. The Morgan fingerprint density at radius 3 is 2.69 bits per heavy atom. The third-order valence-electron chi connectivity index (χ3n) is 5.83. The Morgan fingerprint density at radius 2 is 2.00 bits per heavy atom. The molecule has 1 N–H and O–H groups in total. The molecule has 11 heteroatoms. The van der Waals surface area contributed by atoms with Crippen molar-refractivity contribution in [3.8, 4) is 5.75 Å². The number of ketones is 1. The number of rotatable bonds is 5. The minimum absolute atomic E-state index is 0.116. The monoisotopic (exact) mass is 502 g/mol. The topological polar surface area (TPSA) is 136 Å². The minimum atomic E-state index is -1.03. The van der Waals surface area contributed by atoms with Gasteiger partial charge < -0.3 is 9.84 Å². The molecular weight excluding hydrogens is 484 g/mol. The maximum atomic E-state index is 13.3. The third-order valence-corrected chi connectivity index (χ3v) is 6.85. The van der Waals surface area contributed by atoms with Crippen LogP contribution in [0.1, 0.15) is 22.7 Å². The molecule has 180 valence electrons. The second kappa shape index (κ2) is 8.86. The Hall–Kier alpha value is -4.64. The third kappa shape index (κ3) is 3.75. The zero-order chi connectivity index (χ0) is 25.6. The molecule has 1 amide bonds. The van der Waals surface area contributed by atoms with Crippen LogP contribution in [0.15, 0.2) is 66.5 Å². The fourth-order valence-electron chi connectivity index (χ4n) is 4.15. The van der Waals surface area contributed by atoms with Crippen molar-refractivity contribution in [3.63, 3.8) is 0 Å². The lowest BCUT2D eigenvalue weighted by Gasteiger charge is -2.22. The molecule has 0 radical (unpaired) electrons. The van der Waals surface area contributed by atoms with Gasteiger partial charge in [0.25, 0.3) is 11.5 Å². The molecule has 1 aliphatic rings. The fraction of sp³-hybridized carbons (Fsp3) is 0.120. The number of pyridine rings is 1. The maximum Gasteiger partial charge on any atom is 0.301 e. The van der Waals surface area contributed by atoms with Gasteiger partial charge in [-0.25, -0.2) is 4.98 Å². The van der Waals surface area contributed by atoms with Crippen molar-refractivity contribution in [2.45, 2.75) is 13.0 Å². The summed E-state index contributed by atoms with van der Waals surface area (Å²) in [5.74, 6) is -1.83. The van der Waals surface area contributed by atoms with Crippen LogP contribution in [0, 0.1) is 17.0 Å². The van der Waals surface area contributed by atoms with E-state index in [9.17, 15) is 24.8 Å². The highest BCUT2D eigenvalue weighted by molar-refractivity contribution is 7.22. The molecule has 1 fully saturated rings. The number of aryl methyl sites for hydroxylation is 1. The Morgan fingerprint density at radius 1 is 1.19 bits per heavy atom. The van der Waals surface area contributed by atoms with Crippen LogP contribution in [0.25, 0.3) is 16.0 Å². The molecule has 10 nitrogen and oxygen atoms in total. The lowest BCUT2D eigenvalue weighted by molar-refractivity contribution is -0.384. The number of anilines is 1. The van der Waals surface area contributed by atoms with Gasteiger partial charge in [-0.05, 0) is 36.8 Å². The van der Waals surface area contributed by atoms with E-state index in [1.807, 2.05) is 6.92 Å². The highest BCUT2D eigenvalue weighted by Gasteiger charge is 2.48. The molecule has 3 heterocycles. The van der Waals surface area contributed by atoms with E-state index >= 15 is 0 Å². The number of benzene rings is 2. The molecule has 0 bridgehead atoms. The van der Waals surface area contributed by atoms with Gasteiger partial charge in [-0.3, -0.25) is 29.6 Å². The molecule has 0 saturated carbocycles. The van der Waals surface area contributed by atoms with Crippen LogP contribution in [-0.4, -0.2) is 38.8 Å². The Labute approximate surface area is 208 Å². The summed E-state index contributed by atoms with van der Waals surface area (Å²) in [6.07, 6.45) is 3.05. The second-order valence-corrected chi connectivity index (χ2v) is 9.07. The number of hydrogen-bond donors (Lipinski definition) is 1. The molecule has 36 heavy (non-hydrogen) atoms. The fourth-order valence-corrected chi connectivity index (χ4v) is 5.18. The predicted octanol–water partition coefficient (Wildman–Crippen LogP) is 4.54. The molecule has 0 spiro atoms. The van der Waals surface area contributed by atoms with Crippen molar-refractivity contribution < 1.29 is 24.4 Å². The number of aliphatic hydroxyl groups is 1.